The van der Waals surface area contributed by atoms with Crippen LogP contribution in [0.15, 0.2) is 4.99 Å². The highest BCUT2D eigenvalue weighted by atomic mass is 16.5. The van der Waals surface area contributed by atoms with Gasteiger partial charge in [0.2, 0.25) is 0 Å². The molecule has 0 aromatic heterocycles. The van der Waals surface area contributed by atoms with Crippen LogP contribution >= 0.6 is 0 Å². The summed E-state index contributed by atoms with van der Waals surface area (Å²) in [5, 5.41) is 0. The molecule has 3 heteroatoms. The highest BCUT2D eigenvalue weighted by molar-refractivity contribution is 5.48. The van der Waals surface area contributed by atoms with E-state index in [0.717, 1.165) is 37.3 Å². The molecule has 0 amide bonds. The largest absolute Gasteiger partial charge is 0.370 e. The number of morpholine rings is 1. The van der Waals surface area contributed by atoms with Crippen LogP contribution in [-0.2, 0) is 4.74 Å². The van der Waals surface area contributed by atoms with Crippen molar-refractivity contribution in [1.29, 1.82) is 0 Å². The van der Waals surface area contributed by atoms with E-state index in [2.05, 4.69) is 11.3 Å². The van der Waals surface area contributed by atoms with Crippen LogP contribution < -0.4 is 0 Å². The van der Waals surface area contributed by atoms with Crippen molar-refractivity contribution in [2.45, 2.75) is 0 Å². The van der Waals surface area contributed by atoms with Gasteiger partial charge in [0.05, 0.1) is 19.8 Å². The van der Waals surface area contributed by atoms with E-state index in [1.54, 1.807) is 0 Å². The van der Waals surface area contributed by atoms with Gasteiger partial charge in [-0.1, -0.05) is 0 Å². The molecule has 0 radical (unpaired) electrons. The Morgan fingerprint density at radius 1 is 1.20 bits per heavy atom. The Morgan fingerprint density at radius 2 is 2.00 bits per heavy atom. The van der Waals surface area contributed by atoms with Crippen LogP contribution in [0, 0.1) is 0 Å². The van der Waals surface area contributed by atoms with Crippen molar-refractivity contribution in [2.24, 2.45) is 4.99 Å². The summed E-state index contributed by atoms with van der Waals surface area (Å²) in [4.78, 5) is 4.25. The van der Waals surface area contributed by atoms with Gasteiger partial charge in [-0.3, -0.25) is 4.48 Å². The second kappa shape index (κ2) is 2.32. The molecule has 2 rings (SSSR count). The molecule has 2 aliphatic heterocycles. The smallest absolute Gasteiger partial charge is 0.185 e. The minimum absolute atomic E-state index is 0.909. The van der Waals surface area contributed by atoms with Crippen LogP contribution in [0.1, 0.15) is 0 Å². The number of ether oxygens (including phenoxy) is 1. The van der Waals surface area contributed by atoms with Gasteiger partial charge in [-0.25, -0.2) is 4.99 Å². The standard InChI is InChI=1S/C7H13N2O/c1-2-9(7-8-1)3-5-10-6-4-9/h7H,1-6H2/q+1. The summed E-state index contributed by atoms with van der Waals surface area (Å²) in [6.07, 6.45) is 2.10. The molecule has 0 aliphatic carbocycles. The number of hydrogen-bond acceptors (Lipinski definition) is 2. The van der Waals surface area contributed by atoms with E-state index in [-0.39, 0.29) is 0 Å². The average Bonchev–Trinajstić information content (AvgIpc) is 2.39. The summed E-state index contributed by atoms with van der Waals surface area (Å²) < 4.78 is 6.36. The normalized spacial score (nSPS) is 29.6. The molecule has 0 atom stereocenters. The molecular formula is C7H13N2O+. The predicted molar refractivity (Wildman–Crippen MR) is 39.0 cm³/mol. The van der Waals surface area contributed by atoms with Gasteiger partial charge >= 0.3 is 0 Å². The summed E-state index contributed by atoms with van der Waals surface area (Å²) in [5.41, 5.74) is 0. The first-order valence-electron chi connectivity index (χ1n) is 3.86. The lowest BCUT2D eigenvalue weighted by Crippen LogP contribution is -2.52. The fourth-order valence-corrected chi connectivity index (χ4v) is 1.59. The number of aliphatic imine (C=N–C) groups is 1. The third kappa shape index (κ3) is 0.954. The van der Waals surface area contributed by atoms with Crippen molar-refractivity contribution in [3.63, 3.8) is 0 Å². The monoisotopic (exact) mass is 141 g/mol. The second-order valence-electron chi connectivity index (χ2n) is 3.02. The zero-order valence-corrected chi connectivity index (χ0v) is 6.12. The number of rotatable bonds is 0. The first-order valence-corrected chi connectivity index (χ1v) is 3.86. The van der Waals surface area contributed by atoms with Gasteiger partial charge in [0.1, 0.15) is 19.6 Å². The minimum Gasteiger partial charge on any atom is -0.370 e. The van der Waals surface area contributed by atoms with E-state index in [1.807, 2.05) is 0 Å². The third-order valence-corrected chi connectivity index (χ3v) is 2.36. The summed E-state index contributed by atoms with van der Waals surface area (Å²) in [5.74, 6) is 0. The van der Waals surface area contributed by atoms with Crippen molar-refractivity contribution in [2.75, 3.05) is 39.4 Å². The average molecular weight is 141 g/mol. The molecule has 56 valence electrons. The Bertz CT molecular complexity index is 150. The van der Waals surface area contributed by atoms with E-state index in [0.29, 0.717) is 0 Å². The zero-order chi connectivity index (χ0) is 6.86. The summed E-state index contributed by atoms with van der Waals surface area (Å²) in [6, 6.07) is 0. The molecule has 0 unspecified atom stereocenters. The summed E-state index contributed by atoms with van der Waals surface area (Å²) >= 11 is 0. The molecule has 3 nitrogen and oxygen atoms in total. The molecule has 0 aromatic carbocycles. The van der Waals surface area contributed by atoms with E-state index >= 15 is 0 Å². The molecule has 1 saturated heterocycles. The Balaban J connectivity index is 2.05. The minimum atomic E-state index is 0.909. The van der Waals surface area contributed by atoms with Gasteiger partial charge in [0.25, 0.3) is 0 Å². The van der Waals surface area contributed by atoms with Crippen molar-refractivity contribution in [1.82, 2.24) is 0 Å². The molecule has 1 spiro atoms. The van der Waals surface area contributed by atoms with Crippen molar-refractivity contribution in [3.05, 3.63) is 0 Å². The fourth-order valence-electron chi connectivity index (χ4n) is 1.59. The van der Waals surface area contributed by atoms with E-state index < -0.39 is 0 Å². The van der Waals surface area contributed by atoms with E-state index in [9.17, 15) is 0 Å². The van der Waals surface area contributed by atoms with Crippen LogP contribution in [0.25, 0.3) is 0 Å². The van der Waals surface area contributed by atoms with Crippen LogP contribution in [-0.4, -0.2) is 50.2 Å². The maximum atomic E-state index is 5.28. The van der Waals surface area contributed by atoms with Crippen molar-refractivity contribution < 1.29 is 9.22 Å². The highest BCUT2D eigenvalue weighted by Crippen LogP contribution is 2.11. The number of quaternary nitrogens is 1. The molecule has 0 aromatic rings. The number of nitrogens with zero attached hydrogens (tertiary/aromatic N) is 2. The first kappa shape index (κ1) is 6.31. The van der Waals surface area contributed by atoms with Crippen LogP contribution in [0.2, 0.25) is 0 Å². The third-order valence-electron chi connectivity index (χ3n) is 2.36. The molecule has 1 fully saturated rings. The van der Waals surface area contributed by atoms with Crippen LogP contribution in [0.3, 0.4) is 0 Å². The molecule has 10 heavy (non-hydrogen) atoms. The van der Waals surface area contributed by atoms with Gasteiger partial charge in [-0.2, -0.15) is 0 Å². The van der Waals surface area contributed by atoms with Gasteiger partial charge < -0.3 is 4.74 Å². The summed E-state index contributed by atoms with van der Waals surface area (Å²) in [6.45, 7) is 6.29. The zero-order valence-electron chi connectivity index (χ0n) is 6.12. The van der Waals surface area contributed by atoms with E-state index in [1.165, 1.54) is 6.54 Å². The molecule has 0 N–H and O–H groups in total. The summed E-state index contributed by atoms with van der Waals surface area (Å²) in [7, 11) is 0. The SMILES string of the molecule is C1=NCC[N+]12CCOCC2. The Kier molecular flexibility index (Phi) is 1.47. The Labute approximate surface area is 60.9 Å². The lowest BCUT2D eigenvalue weighted by molar-refractivity contribution is -0.837. The lowest BCUT2D eigenvalue weighted by Gasteiger charge is -2.33. The first-order chi connectivity index (χ1) is 4.91. The number of hydrogen-bond donors (Lipinski definition) is 0. The second-order valence-corrected chi connectivity index (χ2v) is 3.02. The van der Waals surface area contributed by atoms with E-state index in [4.69, 9.17) is 4.74 Å². The Hall–Kier alpha value is -0.410. The van der Waals surface area contributed by atoms with Crippen molar-refractivity contribution >= 4 is 6.34 Å². The molecule has 0 saturated carbocycles. The van der Waals surface area contributed by atoms with Crippen LogP contribution in [0.4, 0.5) is 0 Å². The van der Waals surface area contributed by atoms with Crippen molar-refractivity contribution in [3.8, 4) is 0 Å². The highest BCUT2D eigenvalue weighted by Gasteiger charge is 2.31. The van der Waals surface area contributed by atoms with Gasteiger partial charge in [-0.05, 0) is 0 Å². The molecule has 2 aliphatic rings. The van der Waals surface area contributed by atoms with Crippen LogP contribution in [0.5, 0.6) is 0 Å². The fraction of sp³-hybridized carbons (Fsp3) is 0.857. The topological polar surface area (TPSA) is 21.6 Å². The van der Waals surface area contributed by atoms with Gasteiger partial charge in [0.15, 0.2) is 6.34 Å². The molecular weight excluding hydrogens is 128 g/mol. The predicted octanol–water partition coefficient (Wildman–Crippen LogP) is -0.125. The van der Waals surface area contributed by atoms with Gasteiger partial charge in [-0.15, -0.1) is 0 Å². The quantitative estimate of drug-likeness (QED) is 0.431. The molecule has 0 bridgehead atoms. The molecule has 2 heterocycles. The maximum Gasteiger partial charge on any atom is 0.185 e. The lowest BCUT2D eigenvalue weighted by atomic mass is 10.3. The maximum absolute atomic E-state index is 5.28. The van der Waals surface area contributed by atoms with Gasteiger partial charge in [0, 0.05) is 0 Å². The Morgan fingerprint density at radius 3 is 2.60 bits per heavy atom.